The van der Waals surface area contributed by atoms with E-state index in [1.54, 1.807) is 48.5 Å². The molecule has 0 aromatic heterocycles. The Balaban J connectivity index is 1.75. The average molecular weight is 413 g/mol. The third-order valence-corrected chi connectivity index (χ3v) is 6.85. The molecule has 0 aliphatic heterocycles. The van der Waals surface area contributed by atoms with Crippen LogP contribution in [-0.4, -0.2) is 27.4 Å². The number of aryl methyl sites for hydroxylation is 1. The molecule has 29 heavy (non-hydrogen) atoms. The molecule has 1 aliphatic carbocycles. The molecule has 0 fully saturated rings. The summed E-state index contributed by atoms with van der Waals surface area (Å²) in [6.07, 6.45) is 7.72. The van der Waals surface area contributed by atoms with E-state index in [9.17, 15) is 13.2 Å². The Kier molecular flexibility index (Phi) is 7.09. The maximum absolute atomic E-state index is 13.2. The molecular formula is C23H28N2O3S. The summed E-state index contributed by atoms with van der Waals surface area (Å²) in [7, 11) is -3.85. The molecule has 2 aromatic rings. The van der Waals surface area contributed by atoms with Gasteiger partial charge in [0.15, 0.2) is 0 Å². The van der Waals surface area contributed by atoms with Crippen LogP contribution in [0.5, 0.6) is 0 Å². The van der Waals surface area contributed by atoms with E-state index < -0.39 is 10.0 Å². The maximum Gasteiger partial charge on any atom is 0.264 e. The highest BCUT2D eigenvalue weighted by Crippen LogP contribution is 2.24. The minimum Gasteiger partial charge on any atom is -0.354 e. The van der Waals surface area contributed by atoms with E-state index in [-0.39, 0.29) is 17.3 Å². The lowest BCUT2D eigenvalue weighted by molar-refractivity contribution is -0.119. The molecule has 5 nitrogen and oxygen atoms in total. The Hall–Kier alpha value is -2.60. The molecule has 1 N–H and O–H groups in total. The van der Waals surface area contributed by atoms with Crippen LogP contribution in [0.4, 0.5) is 5.69 Å². The van der Waals surface area contributed by atoms with Gasteiger partial charge in [0, 0.05) is 6.54 Å². The van der Waals surface area contributed by atoms with E-state index >= 15 is 0 Å². The number of sulfonamides is 1. The van der Waals surface area contributed by atoms with Crippen LogP contribution in [0, 0.1) is 6.92 Å². The van der Waals surface area contributed by atoms with Crippen LogP contribution < -0.4 is 9.62 Å². The van der Waals surface area contributed by atoms with Crippen molar-refractivity contribution in [2.45, 2.75) is 43.9 Å². The summed E-state index contributed by atoms with van der Waals surface area (Å²) >= 11 is 0. The zero-order chi connectivity index (χ0) is 20.7. The van der Waals surface area contributed by atoms with Gasteiger partial charge in [-0.2, -0.15) is 0 Å². The number of nitrogens with one attached hydrogen (secondary N) is 1. The first-order chi connectivity index (χ1) is 14.0. The highest BCUT2D eigenvalue weighted by molar-refractivity contribution is 7.92. The smallest absolute Gasteiger partial charge is 0.264 e. The third-order valence-electron chi connectivity index (χ3n) is 5.06. The number of carbonyl (C=O) groups is 1. The quantitative estimate of drug-likeness (QED) is 0.661. The summed E-state index contributed by atoms with van der Waals surface area (Å²) in [5.74, 6) is -0.303. The highest BCUT2D eigenvalue weighted by Gasteiger charge is 2.27. The second-order valence-corrected chi connectivity index (χ2v) is 9.23. The fraction of sp³-hybridized carbons (Fsp3) is 0.348. The molecule has 6 heteroatoms. The Morgan fingerprint density at radius 3 is 2.55 bits per heavy atom. The van der Waals surface area contributed by atoms with Crippen LogP contribution in [0.2, 0.25) is 0 Å². The van der Waals surface area contributed by atoms with Gasteiger partial charge in [0.05, 0.1) is 10.6 Å². The number of anilines is 1. The molecule has 0 radical (unpaired) electrons. The van der Waals surface area contributed by atoms with Crippen LogP contribution >= 0.6 is 0 Å². The molecule has 1 amide bonds. The number of hydrogen-bond acceptors (Lipinski definition) is 3. The largest absolute Gasteiger partial charge is 0.354 e. The molecule has 2 aromatic carbocycles. The van der Waals surface area contributed by atoms with Gasteiger partial charge in [-0.25, -0.2) is 8.42 Å². The summed E-state index contributed by atoms with van der Waals surface area (Å²) in [6.45, 7) is 2.17. The van der Waals surface area contributed by atoms with Crippen LogP contribution in [-0.2, 0) is 14.8 Å². The molecule has 0 atom stereocenters. The first-order valence-corrected chi connectivity index (χ1v) is 11.5. The van der Waals surface area contributed by atoms with E-state index in [0.717, 1.165) is 24.8 Å². The molecule has 0 saturated carbocycles. The average Bonchev–Trinajstić information content (AvgIpc) is 2.73. The lowest BCUT2D eigenvalue weighted by atomic mass is 9.97. The number of rotatable bonds is 8. The van der Waals surface area contributed by atoms with Crippen LogP contribution in [0.15, 0.2) is 71.1 Å². The predicted octanol–water partition coefficient (Wildman–Crippen LogP) is 4.20. The van der Waals surface area contributed by atoms with Crippen molar-refractivity contribution in [1.82, 2.24) is 5.32 Å². The SMILES string of the molecule is Cc1cccc(N(CC(=O)NCCC2=CCCCC2)S(=O)(=O)c2ccccc2)c1. The summed E-state index contributed by atoms with van der Waals surface area (Å²) in [6, 6.07) is 15.4. The van der Waals surface area contributed by atoms with Crippen molar-refractivity contribution in [3.05, 3.63) is 71.8 Å². The van der Waals surface area contributed by atoms with Crippen molar-refractivity contribution in [2.75, 3.05) is 17.4 Å². The molecule has 154 valence electrons. The normalized spacial score (nSPS) is 14.2. The van der Waals surface area contributed by atoms with Crippen molar-refractivity contribution < 1.29 is 13.2 Å². The van der Waals surface area contributed by atoms with Gasteiger partial charge in [-0.05, 0) is 68.9 Å². The fourth-order valence-electron chi connectivity index (χ4n) is 3.50. The molecule has 0 bridgehead atoms. The second kappa shape index (κ2) is 9.74. The van der Waals surface area contributed by atoms with E-state index in [1.165, 1.54) is 22.7 Å². The molecule has 0 heterocycles. The van der Waals surface area contributed by atoms with Crippen molar-refractivity contribution >= 4 is 21.6 Å². The van der Waals surface area contributed by atoms with Gasteiger partial charge in [0.2, 0.25) is 5.91 Å². The number of nitrogens with zero attached hydrogens (tertiary/aromatic N) is 1. The molecular weight excluding hydrogens is 384 g/mol. The van der Waals surface area contributed by atoms with Gasteiger partial charge < -0.3 is 5.32 Å². The van der Waals surface area contributed by atoms with E-state index in [4.69, 9.17) is 0 Å². The van der Waals surface area contributed by atoms with Gasteiger partial charge >= 0.3 is 0 Å². The molecule has 0 saturated heterocycles. The Labute approximate surface area is 173 Å². The Bertz CT molecular complexity index is 969. The minimum atomic E-state index is -3.85. The lowest BCUT2D eigenvalue weighted by Gasteiger charge is -2.24. The highest BCUT2D eigenvalue weighted by atomic mass is 32.2. The zero-order valence-electron chi connectivity index (χ0n) is 16.8. The van der Waals surface area contributed by atoms with Gasteiger partial charge in [-0.1, -0.05) is 42.0 Å². The molecule has 0 spiro atoms. The summed E-state index contributed by atoms with van der Waals surface area (Å²) < 4.78 is 27.7. The van der Waals surface area contributed by atoms with Crippen LogP contribution in [0.3, 0.4) is 0 Å². The third kappa shape index (κ3) is 5.70. The molecule has 1 aliphatic rings. The van der Waals surface area contributed by atoms with E-state index in [1.807, 2.05) is 13.0 Å². The summed E-state index contributed by atoms with van der Waals surface area (Å²) in [4.78, 5) is 12.8. The summed E-state index contributed by atoms with van der Waals surface area (Å²) in [5, 5.41) is 2.88. The first kappa shape index (κ1) is 21.1. The first-order valence-electron chi connectivity index (χ1n) is 10.1. The van der Waals surface area contributed by atoms with Gasteiger partial charge in [-0.3, -0.25) is 9.10 Å². The number of amides is 1. The van der Waals surface area contributed by atoms with Gasteiger partial charge in [0.1, 0.15) is 6.54 Å². The maximum atomic E-state index is 13.2. The molecule has 0 unspecified atom stereocenters. The monoisotopic (exact) mass is 412 g/mol. The Morgan fingerprint density at radius 2 is 1.86 bits per heavy atom. The zero-order valence-corrected chi connectivity index (χ0v) is 17.6. The number of benzene rings is 2. The van der Waals surface area contributed by atoms with Crippen molar-refractivity contribution in [3.8, 4) is 0 Å². The summed E-state index contributed by atoms with van der Waals surface area (Å²) in [5.41, 5.74) is 2.79. The predicted molar refractivity (Wildman–Crippen MR) is 116 cm³/mol. The number of carbonyl (C=O) groups excluding carboxylic acids is 1. The van der Waals surface area contributed by atoms with Crippen LogP contribution in [0.25, 0.3) is 0 Å². The number of hydrogen-bond donors (Lipinski definition) is 1. The van der Waals surface area contributed by atoms with Crippen molar-refractivity contribution in [2.24, 2.45) is 0 Å². The fourth-order valence-corrected chi connectivity index (χ4v) is 4.93. The lowest BCUT2D eigenvalue weighted by Crippen LogP contribution is -2.41. The topological polar surface area (TPSA) is 66.5 Å². The molecule has 3 rings (SSSR count). The van der Waals surface area contributed by atoms with Crippen molar-refractivity contribution in [1.29, 1.82) is 0 Å². The number of allylic oxidation sites excluding steroid dienone is 1. The minimum absolute atomic E-state index is 0.168. The van der Waals surface area contributed by atoms with E-state index in [0.29, 0.717) is 12.2 Å². The Morgan fingerprint density at radius 1 is 1.07 bits per heavy atom. The standard InChI is InChI=1S/C23H28N2O3S/c1-19-9-8-12-21(17-19)25(29(27,28)22-13-6-3-7-14-22)18-23(26)24-16-15-20-10-4-2-5-11-20/h3,6-10,12-14,17H,2,4-5,11,15-16,18H2,1H3,(H,24,26). The van der Waals surface area contributed by atoms with Gasteiger partial charge in [-0.15, -0.1) is 0 Å². The van der Waals surface area contributed by atoms with E-state index in [2.05, 4.69) is 11.4 Å². The second-order valence-electron chi connectivity index (χ2n) is 7.37. The van der Waals surface area contributed by atoms with Crippen molar-refractivity contribution in [3.63, 3.8) is 0 Å². The van der Waals surface area contributed by atoms with Crippen LogP contribution in [0.1, 0.15) is 37.7 Å². The van der Waals surface area contributed by atoms with Gasteiger partial charge in [0.25, 0.3) is 10.0 Å².